The Bertz CT molecular complexity index is 178. The van der Waals surface area contributed by atoms with Gasteiger partial charge in [-0.1, -0.05) is 0 Å². The molecular weight excluding hydrogens is 186 g/mol. The first-order valence-corrected chi connectivity index (χ1v) is 6.48. The van der Waals surface area contributed by atoms with Crippen molar-refractivity contribution in [3.8, 4) is 0 Å². The quantitative estimate of drug-likeness (QED) is 0.681. The molecule has 2 aliphatic rings. The molecule has 2 aliphatic heterocycles. The molecule has 0 aromatic carbocycles. The van der Waals surface area contributed by atoms with Crippen LogP contribution in [0.2, 0.25) is 0 Å². The number of likely N-dealkylation sites (N-methyl/N-ethyl adjacent to an activating group) is 1. The van der Waals surface area contributed by atoms with Gasteiger partial charge in [0.15, 0.2) is 0 Å². The zero-order valence-electron chi connectivity index (χ0n) is 10.1. The zero-order chi connectivity index (χ0) is 10.5. The van der Waals surface area contributed by atoms with E-state index in [9.17, 15) is 0 Å². The fourth-order valence-electron chi connectivity index (χ4n) is 2.61. The zero-order valence-corrected chi connectivity index (χ0v) is 10.1. The summed E-state index contributed by atoms with van der Waals surface area (Å²) >= 11 is 0. The molecule has 0 aromatic rings. The fourth-order valence-corrected chi connectivity index (χ4v) is 2.61. The minimum Gasteiger partial charge on any atom is -0.305 e. The monoisotopic (exact) mass is 211 g/mol. The van der Waals surface area contributed by atoms with Crippen molar-refractivity contribution >= 4 is 0 Å². The summed E-state index contributed by atoms with van der Waals surface area (Å²) < 4.78 is 0. The van der Waals surface area contributed by atoms with Crippen LogP contribution in [0.15, 0.2) is 0 Å². The van der Waals surface area contributed by atoms with Crippen molar-refractivity contribution in [2.45, 2.75) is 19.3 Å². The Labute approximate surface area is 94.0 Å². The molecule has 2 fully saturated rings. The second-order valence-corrected chi connectivity index (χ2v) is 5.05. The number of hydrogen-bond acceptors (Lipinski definition) is 3. The maximum Gasteiger partial charge on any atom is 0.0110 e. The summed E-state index contributed by atoms with van der Waals surface area (Å²) in [5.41, 5.74) is 0. The summed E-state index contributed by atoms with van der Waals surface area (Å²) in [5.74, 6) is 0. The lowest BCUT2D eigenvalue weighted by Crippen LogP contribution is -2.36. The first-order valence-electron chi connectivity index (χ1n) is 6.48. The van der Waals surface area contributed by atoms with Crippen molar-refractivity contribution in [2.24, 2.45) is 0 Å². The molecule has 0 N–H and O–H groups in total. The van der Waals surface area contributed by atoms with Crippen molar-refractivity contribution in [1.82, 2.24) is 14.7 Å². The van der Waals surface area contributed by atoms with Gasteiger partial charge in [0.05, 0.1) is 0 Å². The second kappa shape index (κ2) is 5.83. The Morgan fingerprint density at radius 1 is 0.667 bits per heavy atom. The van der Waals surface area contributed by atoms with Gasteiger partial charge in [-0.3, -0.25) is 0 Å². The van der Waals surface area contributed by atoms with E-state index in [4.69, 9.17) is 0 Å². The molecule has 2 saturated heterocycles. The lowest BCUT2D eigenvalue weighted by molar-refractivity contribution is 0.229. The van der Waals surface area contributed by atoms with Gasteiger partial charge in [0.25, 0.3) is 0 Å². The van der Waals surface area contributed by atoms with Gasteiger partial charge >= 0.3 is 0 Å². The van der Waals surface area contributed by atoms with Crippen LogP contribution in [0, 0.1) is 0 Å². The largest absolute Gasteiger partial charge is 0.305 e. The van der Waals surface area contributed by atoms with E-state index in [-0.39, 0.29) is 0 Å². The topological polar surface area (TPSA) is 9.72 Å². The lowest BCUT2D eigenvalue weighted by Gasteiger charge is -2.23. The van der Waals surface area contributed by atoms with E-state index in [1.165, 1.54) is 71.6 Å². The molecule has 0 spiro atoms. The third-order valence-corrected chi connectivity index (χ3v) is 3.74. The molecule has 15 heavy (non-hydrogen) atoms. The molecule has 3 nitrogen and oxygen atoms in total. The van der Waals surface area contributed by atoms with E-state index in [1.54, 1.807) is 0 Å². The minimum absolute atomic E-state index is 1.25. The molecule has 0 aliphatic carbocycles. The molecule has 0 radical (unpaired) electrons. The van der Waals surface area contributed by atoms with Gasteiger partial charge in [-0.25, -0.2) is 0 Å². The molecule has 0 saturated carbocycles. The van der Waals surface area contributed by atoms with Crippen LogP contribution in [0.4, 0.5) is 0 Å². The molecule has 0 atom stereocenters. The summed E-state index contributed by atoms with van der Waals surface area (Å²) in [6, 6.07) is 0. The first kappa shape index (κ1) is 11.4. The van der Waals surface area contributed by atoms with Crippen LogP contribution in [-0.2, 0) is 0 Å². The van der Waals surface area contributed by atoms with Crippen LogP contribution in [0.25, 0.3) is 0 Å². The summed E-state index contributed by atoms with van der Waals surface area (Å²) in [6.07, 6.45) is 4.18. The average Bonchev–Trinajstić information content (AvgIpc) is 2.66. The molecule has 2 rings (SSSR count). The fraction of sp³-hybridized carbons (Fsp3) is 1.00. The van der Waals surface area contributed by atoms with Crippen molar-refractivity contribution in [2.75, 3.05) is 59.4 Å². The van der Waals surface area contributed by atoms with E-state index in [0.29, 0.717) is 0 Å². The van der Waals surface area contributed by atoms with E-state index < -0.39 is 0 Å². The number of rotatable bonds is 3. The smallest absolute Gasteiger partial charge is 0.0110 e. The molecular formula is C12H25N3. The summed E-state index contributed by atoms with van der Waals surface area (Å²) in [4.78, 5) is 7.71. The van der Waals surface area contributed by atoms with E-state index in [1.807, 2.05) is 0 Å². The van der Waals surface area contributed by atoms with Gasteiger partial charge in [0, 0.05) is 26.2 Å². The highest BCUT2D eigenvalue weighted by molar-refractivity contribution is 4.71. The van der Waals surface area contributed by atoms with Crippen molar-refractivity contribution in [1.29, 1.82) is 0 Å². The lowest BCUT2D eigenvalue weighted by atomic mass is 10.4. The Morgan fingerprint density at radius 3 is 2.00 bits per heavy atom. The second-order valence-electron chi connectivity index (χ2n) is 5.05. The van der Waals surface area contributed by atoms with Crippen molar-refractivity contribution < 1.29 is 0 Å². The van der Waals surface area contributed by atoms with Crippen LogP contribution < -0.4 is 0 Å². The number of likely N-dealkylation sites (tertiary alicyclic amines) is 1. The Hall–Kier alpha value is -0.120. The maximum absolute atomic E-state index is 2.64. The SMILES string of the molecule is CN1CCCN(CCN2CCCC2)CC1. The highest BCUT2D eigenvalue weighted by Crippen LogP contribution is 2.07. The average molecular weight is 211 g/mol. The van der Waals surface area contributed by atoms with Gasteiger partial charge in [0.2, 0.25) is 0 Å². The highest BCUT2D eigenvalue weighted by atomic mass is 15.2. The van der Waals surface area contributed by atoms with Crippen LogP contribution >= 0.6 is 0 Å². The summed E-state index contributed by atoms with van der Waals surface area (Å²) in [5, 5.41) is 0. The number of hydrogen-bond donors (Lipinski definition) is 0. The van der Waals surface area contributed by atoms with Gasteiger partial charge in [-0.2, -0.15) is 0 Å². The molecule has 3 heteroatoms. The van der Waals surface area contributed by atoms with Crippen LogP contribution in [0.1, 0.15) is 19.3 Å². The first-order chi connectivity index (χ1) is 7.34. The highest BCUT2D eigenvalue weighted by Gasteiger charge is 2.15. The predicted molar refractivity (Wildman–Crippen MR) is 64.2 cm³/mol. The molecule has 0 aromatic heterocycles. The van der Waals surface area contributed by atoms with Crippen molar-refractivity contribution in [3.05, 3.63) is 0 Å². The Morgan fingerprint density at radius 2 is 1.27 bits per heavy atom. The van der Waals surface area contributed by atoms with Gasteiger partial charge < -0.3 is 14.7 Å². The van der Waals surface area contributed by atoms with Crippen molar-refractivity contribution in [3.63, 3.8) is 0 Å². The third kappa shape index (κ3) is 3.74. The van der Waals surface area contributed by atoms with Crippen LogP contribution in [0.3, 0.4) is 0 Å². The molecule has 0 bridgehead atoms. The summed E-state index contributed by atoms with van der Waals surface area (Å²) in [6.45, 7) is 10.4. The molecule has 0 unspecified atom stereocenters. The predicted octanol–water partition coefficient (Wildman–Crippen LogP) is 0.720. The van der Waals surface area contributed by atoms with Gasteiger partial charge in [0.1, 0.15) is 0 Å². The Balaban J connectivity index is 1.64. The minimum atomic E-state index is 1.25. The number of nitrogens with zero attached hydrogens (tertiary/aromatic N) is 3. The summed E-state index contributed by atoms with van der Waals surface area (Å²) in [7, 11) is 2.24. The molecule has 88 valence electrons. The van der Waals surface area contributed by atoms with E-state index in [2.05, 4.69) is 21.7 Å². The third-order valence-electron chi connectivity index (χ3n) is 3.74. The van der Waals surface area contributed by atoms with E-state index in [0.717, 1.165) is 0 Å². The van der Waals surface area contributed by atoms with Crippen LogP contribution in [-0.4, -0.2) is 74.1 Å². The normalized spacial score (nSPS) is 27.0. The van der Waals surface area contributed by atoms with Gasteiger partial charge in [-0.15, -0.1) is 0 Å². The molecule has 2 heterocycles. The van der Waals surface area contributed by atoms with Crippen LogP contribution in [0.5, 0.6) is 0 Å². The van der Waals surface area contributed by atoms with E-state index >= 15 is 0 Å². The standard InChI is InChI=1S/C12H25N3/c1-13-5-4-8-15(10-9-13)12-11-14-6-2-3-7-14/h2-12H2,1H3. The molecule has 0 amide bonds. The van der Waals surface area contributed by atoms with Gasteiger partial charge in [-0.05, 0) is 52.5 Å². The Kier molecular flexibility index (Phi) is 4.42. The maximum atomic E-state index is 2.64.